The zero-order valence-corrected chi connectivity index (χ0v) is 15.9. The largest absolute Gasteiger partial charge is 0.444 e. The normalized spacial score (nSPS) is 15.4. The molecule has 144 valence electrons. The molecule has 2 heterocycles. The van der Waals surface area contributed by atoms with E-state index >= 15 is 0 Å². The minimum atomic E-state index is -0.557. The van der Waals surface area contributed by atoms with Crippen molar-refractivity contribution in [2.45, 2.75) is 45.3 Å². The maximum absolute atomic E-state index is 12.7. The Kier molecular flexibility index (Phi) is 5.43. The Balaban J connectivity index is 1.54. The van der Waals surface area contributed by atoms with E-state index in [0.717, 1.165) is 12.8 Å². The zero-order chi connectivity index (χ0) is 19.4. The van der Waals surface area contributed by atoms with E-state index in [1.54, 1.807) is 51.4 Å². The van der Waals surface area contributed by atoms with E-state index in [0.29, 0.717) is 24.3 Å². The van der Waals surface area contributed by atoms with Crippen LogP contribution in [0, 0.1) is 0 Å². The van der Waals surface area contributed by atoms with E-state index < -0.39 is 11.7 Å². The Morgan fingerprint density at radius 3 is 2.37 bits per heavy atom. The number of carbonyl (C=O) groups is 2. The van der Waals surface area contributed by atoms with Crippen molar-refractivity contribution in [3.05, 3.63) is 42.5 Å². The molecule has 1 aromatic carbocycles. The number of rotatable bonds is 3. The highest BCUT2D eigenvalue weighted by molar-refractivity contribution is 5.95. The molecule has 0 bridgehead atoms. The van der Waals surface area contributed by atoms with Crippen LogP contribution in [0.15, 0.2) is 36.9 Å². The van der Waals surface area contributed by atoms with Crippen LogP contribution >= 0.6 is 0 Å². The second-order valence-electron chi connectivity index (χ2n) is 7.60. The average Bonchev–Trinajstić information content (AvgIpc) is 3.15. The number of likely N-dealkylation sites (tertiary alicyclic amines) is 1. The number of piperidine rings is 1. The highest BCUT2D eigenvalue weighted by Crippen LogP contribution is 2.23. The van der Waals surface area contributed by atoms with Gasteiger partial charge in [0.15, 0.2) is 0 Å². The molecule has 0 aliphatic carbocycles. The molecular formula is C19H25N5O3. The summed E-state index contributed by atoms with van der Waals surface area (Å²) >= 11 is 0. The van der Waals surface area contributed by atoms with E-state index in [4.69, 9.17) is 4.74 Å². The molecule has 2 aromatic rings. The highest BCUT2D eigenvalue weighted by atomic mass is 16.6. The molecule has 3 rings (SSSR count). The Hall–Kier alpha value is -2.90. The smallest absolute Gasteiger partial charge is 0.412 e. The van der Waals surface area contributed by atoms with Gasteiger partial charge in [-0.2, -0.15) is 5.10 Å². The van der Waals surface area contributed by atoms with Crippen LogP contribution in [-0.2, 0) is 4.74 Å². The van der Waals surface area contributed by atoms with E-state index in [1.807, 2.05) is 9.58 Å². The Morgan fingerprint density at radius 2 is 1.81 bits per heavy atom. The summed E-state index contributed by atoms with van der Waals surface area (Å²) in [5.74, 6) is -0.00383. The number of hydrogen-bond acceptors (Lipinski definition) is 5. The standard InChI is InChI=1S/C19H25N5O3/c1-19(2,3)27-18(26)22-15-6-4-14(5-7-15)17(25)23-10-8-16(9-11-23)24-13-20-12-21-24/h4-7,12-13,16H,8-11H2,1-3H3,(H,22,26). The molecule has 0 spiro atoms. The number of carbonyl (C=O) groups excluding carboxylic acids is 2. The fourth-order valence-corrected chi connectivity index (χ4v) is 3.04. The van der Waals surface area contributed by atoms with Gasteiger partial charge in [0.25, 0.3) is 5.91 Å². The molecule has 0 radical (unpaired) electrons. The van der Waals surface area contributed by atoms with Gasteiger partial charge in [0.1, 0.15) is 18.3 Å². The van der Waals surface area contributed by atoms with Crippen LogP contribution in [0.5, 0.6) is 0 Å². The first kappa shape index (κ1) is 18.9. The predicted octanol–water partition coefficient (Wildman–Crippen LogP) is 3.10. The van der Waals surface area contributed by atoms with Gasteiger partial charge < -0.3 is 9.64 Å². The molecule has 0 saturated carbocycles. The molecule has 8 heteroatoms. The Labute approximate surface area is 158 Å². The molecule has 1 fully saturated rings. The maximum atomic E-state index is 12.7. The second-order valence-corrected chi connectivity index (χ2v) is 7.60. The van der Waals surface area contributed by atoms with Crippen molar-refractivity contribution in [2.75, 3.05) is 18.4 Å². The molecule has 0 atom stereocenters. The van der Waals surface area contributed by atoms with Gasteiger partial charge in [-0.1, -0.05) is 0 Å². The third kappa shape index (κ3) is 5.06. The lowest BCUT2D eigenvalue weighted by atomic mass is 10.0. The molecule has 0 unspecified atom stereocenters. The summed E-state index contributed by atoms with van der Waals surface area (Å²) in [6.07, 6.45) is 4.45. The first-order chi connectivity index (χ1) is 12.8. The lowest BCUT2D eigenvalue weighted by molar-refractivity contribution is 0.0635. The number of ether oxygens (including phenoxy) is 1. The summed E-state index contributed by atoms with van der Waals surface area (Å²) in [6.45, 7) is 6.78. The molecule has 1 aliphatic rings. The molecule has 8 nitrogen and oxygen atoms in total. The fourth-order valence-electron chi connectivity index (χ4n) is 3.04. The molecule has 1 aromatic heterocycles. The predicted molar refractivity (Wildman–Crippen MR) is 100 cm³/mol. The van der Waals surface area contributed by atoms with Gasteiger partial charge in [-0.05, 0) is 57.9 Å². The van der Waals surface area contributed by atoms with Gasteiger partial charge >= 0.3 is 6.09 Å². The molecule has 1 N–H and O–H groups in total. The van der Waals surface area contributed by atoms with E-state index in [-0.39, 0.29) is 11.9 Å². The van der Waals surface area contributed by atoms with Crippen LogP contribution in [0.4, 0.5) is 10.5 Å². The van der Waals surface area contributed by atoms with Crippen molar-refractivity contribution < 1.29 is 14.3 Å². The number of amides is 2. The van der Waals surface area contributed by atoms with Crippen molar-refractivity contribution in [3.63, 3.8) is 0 Å². The molecule has 1 aliphatic heterocycles. The summed E-state index contributed by atoms with van der Waals surface area (Å²) in [5.41, 5.74) is 0.632. The third-order valence-corrected chi connectivity index (χ3v) is 4.34. The van der Waals surface area contributed by atoms with E-state index in [1.165, 1.54) is 6.33 Å². The lowest BCUT2D eigenvalue weighted by Crippen LogP contribution is -2.39. The minimum Gasteiger partial charge on any atom is -0.444 e. The summed E-state index contributed by atoms with van der Waals surface area (Å²) in [4.78, 5) is 30.3. The summed E-state index contributed by atoms with van der Waals surface area (Å²) in [5, 5.41) is 6.84. The van der Waals surface area contributed by atoms with Crippen molar-refractivity contribution in [1.29, 1.82) is 0 Å². The summed E-state index contributed by atoms with van der Waals surface area (Å²) in [7, 11) is 0. The third-order valence-electron chi connectivity index (χ3n) is 4.34. The van der Waals surface area contributed by atoms with Crippen LogP contribution in [-0.4, -0.2) is 50.4 Å². The fraction of sp³-hybridized carbons (Fsp3) is 0.474. The lowest BCUT2D eigenvalue weighted by Gasteiger charge is -2.32. The molecule has 2 amide bonds. The molecule has 1 saturated heterocycles. The molecular weight excluding hydrogens is 346 g/mol. The van der Waals surface area contributed by atoms with Crippen LogP contribution in [0.2, 0.25) is 0 Å². The van der Waals surface area contributed by atoms with Crippen molar-refractivity contribution in [3.8, 4) is 0 Å². The quantitative estimate of drug-likeness (QED) is 0.895. The van der Waals surface area contributed by atoms with Gasteiger partial charge in [0.05, 0.1) is 6.04 Å². The SMILES string of the molecule is CC(C)(C)OC(=O)Nc1ccc(C(=O)N2CCC(n3cncn3)CC2)cc1. The number of nitrogens with one attached hydrogen (secondary N) is 1. The summed E-state index contributed by atoms with van der Waals surface area (Å²) in [6, 6.07) is 7.15. The van der Waals surface area contributed by atoms with E-state index in [2.05, 4.69) is 15.4 Å². The van der Waals surface area contributed by atoms with Crippen molar-refractivity contribution in [2.24, 2.45) is 0 Å². The number of benzene rings is 1. The minimum absolute atomic E-state index is 0.00383. The van der Waals surface area contributed by atoms with Gasteiger partial charge in [-0.25, -0.2) is 14.5 Å². The highest BCUT2D eigenvalue weighted by Gasteiger charge is 2.25. The van der Waals surface area contributed by atoms with Crippen LogP contribution in [0.25, 0.3) is 0 Å². The first-order valence-corrected chi connectivity index (χ1v) is 9.05. The maximum Gasteiger partial charge on any atom is 0.412 e. The number of nitrogens with zero attached hydrogens (tertiary/aromatic N) is 4. The number of hydrogen-bond donors (Lipinski definition) is 1. The number of anilines is 1. The second kappa shape index (κ2) is 7.77. The Bertz CT molecular complexity index is 773. The van der Waals surface area contributed by atoms with Gasteiger partial charge in [0, 0.05) is 24.3 Å². The van der Waals surface area contributed by atoms with Crippen molar-refractivity contribution >= 4 is 17.7 Å². The van der Waals surface area contributed by atoms with Gasteiger partial charge in [0.2, 0.25) is 0 Å². The zero-order valence-electron chi connectivity index (χ0n) is 15.9. The average molecular weight is 371 g/mol. The number of aromatic nitrogens is 3. The van der Waals surface area contributed by atoms with Crippen molar-refractivity contribution in [1.82, 2.24) is 19.7 Å². The monoisotopic (exact) mass is 371 g/mol. The topological polar surface area (TPSA) is 89.4 Å². The van der Waals surface area contributed by atoms with Gasteiger partial charge in [-0.15, -0.1) is 0 Å². The van der Waals surface area contributed by atoms with Crippen LogP contribution in [0.3, 0.4) is 0 Å². The Morgan fingerprint density at radius 1 is 1.15 bits per heavy atom. The van der Waals surface area contributed by atoms with Crippen LogP contribution < -0.4 is 5.32 Å². The first-order valence-electron chi connectivity index (χ1n) is 9.05. The van der Waals surface area contributed by atoms with Gasteiger partial charge in [-0.3, -0.25) is 10.1 Å². The molecule has 27 heavy (non-hydrogen) atoms. The summed E-state index contributed by atoms with van der Waals surface area (Å²) < 4.78 is 7.08. The van der Waals surface area contributed by atoms with Crippen LogP contribution in [0.1, 0.15) is 50.0 Å². The van der Waals surface area contributed by atoms with E-state index in [9.17, 15) is 9.59 Å².